The van der Waals surface area contributed by atoms with Gasteiger partial charge in [0.15, 0.2) is 0 Å². The Balaban J connectivity index is 2.30. The molecule has 4 heteroatoms. The van der Waals surface area contributed by atoms with Gasteiger partial charge in [0.25, 0.3) is 0 Å². The molecule has 0 aromatic heterocycles. The number of nitroso groups, excluding NO2 is 1. The quantitative estimate of drug-likeness (QED) is 0.234. The Kier molecular flexibility index (Phi) is 2.14. The molecule has 0 aliphatic rings. The second-order valence-corrected chi connectivity index (χ2v) is 0.315. The minimum absolute atomic E-state index is 1.45. The van der Waals surface area contributed by atoms with Crippen LogP contribution < -0.4 is 5.34 Å². The Hall–Kier alpha value is -0.535. The van der Waals surface area contributed by atoms with Crippen LogP contribution in [-0.4, -0.2) is 7.98 Å². The van der Waals surface area contributed by atoms with Crippen LogP contribution >= 0.6 is 0 Å². The van der Waals surface area contributed by atoms with E-state index in [1.807, 2.05) is 5.34 Å². The zero-order chi connectivity index (χ0) is 3.41. The molecule has 1 N–H and O–H groups in total. The maximum atomic E-state index is 8.81. The number of nitrogens with one attached hydrogen (secondary N) is 1. The monoisotopic (exact) mass is 58.0 g/mol. The molecular weight excluding hydrogens is 54.8 g/mol. The first-order valence-electron chi connectivity index (χ1n) is 0.906. The molecule has 0 saturated heterocycles. The van der Waals surface area contributed by atoms with Gasteiger partial charge in [-0.25, -0.2) is 0 Å². The molecule has 0 rings (SSSR count). The molecule has 4 heavy (non-hydrogen) atoms. The molecule has 0 fully saturated rings. The molecule has 0 saturated carbocycles. The van der Waals surface area contributed by atoms with Gasteiger partial charge in [0, 0.05) is 5.29 Å². The van der Waals surface area contributed by atoms with Crippen LogP contribution in [0.1, 0.15) is 0 Å². The Morgan fingerprint density at radius 1 is 2.00 bits per heavy atom. The van der Waals surface area contributed by atoms with Gasteiger partial charge in [-0.05, 0) is 0 Å². The first-order chi connectivity index (χ1) is 1.91. The van der Waals surface area contributed by atoms with Crippen molar-refractivity contribution in [3.8, 4) is 0 Å². The van der Waals surface area contributed by atoms with E-state index in [2.05, 4.69) is 5.29 Å². The molecule has 0 spiro atoms. The molecule has 0 bridgehead atoms. The summed E-state index contributed by atoms with van der Waals surface area (Å²) in [6, 6.07) is 0. The van der Waals surface area contributed by atoms with E-state index in [4.69, 9.17) is 4.91 Å². The third kappa shape index (κ3) is 1.46. The average Bonchev–Trinajstić information content (AvgIpc) is 1.37. The van der Waals surface area contributed by atoms with E-state index in [0.29, 0.717) is 0 Å². The Labute approximate surface area is 24.8 Å². The van der Waals surface area contributed by atoms with E-state index in [1.54, 1.807) is 0 Å². The molecule has 0 unspecified atom stereocenters. The zero-order valence-electron chi connectivity index (χ0n) is 2.36. The SMILES string of the molecule is BNN=O. The highest BCUT2D eigenvalue weighted by Crippen LogP contribution is 1.29. The summed E-state index contributed by atoms with van der Waals surface area (Å²) < 4.78 is 0. The summed E-state index contributed by atoms with van der Waals surface area (Å²) in [6.07, 6.45) is 0. The molecule has 0 aliphatic heterocycles. The van der Waals surface area contributed by atoms with E-state index < -0.39 is 0 Å². The highest BCUT2D eigenvalue weighted by Gasteiger charge is 1.44. The molecule has 0 radical (unpaired) electrons. The number of hydrogen-bond acceptors (Lipinski definition) is 2. The topological polar surface area (TPSA) is 41.5 Å². The highest BCUT2D eigenvalue weighted by atomic mass is 16.3. The largest absolute Gasteiger partial charge is 0.326 e. The third-order valence-corrected chi connectivity index (χ3v) is 0.0913. The summed E-state index contributed by atoms with van der Waals surface area (Å²) >= 11 is 0. The molecule has 3 nitrogen and oxygen atoms in total. The third-order valence-electron chi connectivity index (χ3n) is 0.0913. The van der Waals surface area contributed by atoms with Crippen LogP contribution in [0, 0.1) is 4.91 Å². The fourth-order valence-corrected chi connectivity index (χ4v) is 0. The first-order valence-corrected chi connectivity index (χ1v) is 0.906. The van der Waals surface area contributed by atoms with Crippen LogP contribution in [-0.2, 0) is 0 Å². The maximum Gasteiger partial charge on any atom is 0.241 e. The predicted octanol–water partition coefficient (Wildman–Crippen LogP) is -1.19. The second-order valence-electron chi connectivity index (χ2n) is 0.315. The number of nitrogens with zero attached hydrogens (tertiary/aromatic N) is 1. The Morgan fingerprint density at radius 3 is 2.25 bits per heavy atom. The van der Waals surface area contributed by atoms with E-state index in [1.165, 1.54) is 7.98 Å². The van der Waals surface area contributed by atoms with Gasteiger partial charge in [0.05, 0.1) is 0 Å². The summed E-state index contributed by atoms with van der Waals surface area (Å²) in [6.45, 7) is 0. The van der Waals surface area contributed by atoms with Crippen molar-refractivity contribution in [3.05, 3.63) is 4.91 Å². The van der Waals surface area contributed by atoms with Crippen molar-refractivity contribution in [2.24, 2.45) is 5.29 Å². The van der Waals surface area contributed by atoms with Gasteiger partial charge >= 0.3 is 0 Å². The minimum atomic E-state index is 1.45. The fraction of sp³-hybridized carbons (Fsp3) is 0. The van der Waals surface area contributed by atoms with Gasteiger partial charge < -0.3 is 5.34 Å². The molecule has 22 valence electrons. The first kappa shape index (κ1) is 3.46. The van der Waals surface area contributed by atoms with Crippen molar-refractivity contribution in [3.63, 3.8) is 0 Å². The lowest BCUT2D eigenvalue weighted by Gasteiger charge is -1.62. The summed E-state index contributed by atoms with van der Waals surface area (Å²) in [7, 11) is 1.45. The fourth-order valence-electron chi connectivity index (χ4n) is 0. The van der Waals surface area contributed by atoms with Crippen LogP contribution in [0.15, 0.2) is 5.29 Å². The summed E-state index contributed by atoms with van der Waals surface area (Å²) in [4.78, 5) is 8.81. The van der Waals surface area contributed by atoms with Crippen molar-refractivity contribution in [2.45, 2.75) is 0 Å². The highest BCUT2D eigenvalue weighted by molar-refractivity contribution is 6.03. The van der Waals surface area contributed by atoms with Gasteiger partial charge in [-0.15, -0.1) is 4.91 Å². The van der Waals surface area contributed by atoms with Crippen LogP contribution in [0.25, 0.3) is 0 Å². The summed E-state index contributed by atoms with van der Waals surface area (Å²) in [5.41, 5.74) is 0. The van der Waals surface area contributed by atoms with Gasteiger partial charge in [-0.2, -0.15) is 0 Å². The average molecular weight is 57.8 g/mol. The maximum absolute atomic E-state index is 8.81. The van der Waals surface area contributed by atoms with Crippen molar-refractivity contribution < 1.29 is 0 Å². The normalized spacial score (nSPS) is 5.00. The van der Waals surface area contributed by atoms with Gasteiger partial charge in [0.1, 0.15) is 0 Å². The molecule has 0 atom stereocenters. The zero-order valence-corrected chi connectivity index (χ0v) is 2.36. The summed E-state index contributed by atoms with van der Waals surface area (Å²) in [5.74, 6) is 0. The standard InChI is InChI=1S/BH3N2O/c1-2-3-4/h1H2,(H,2,4). The lowest BCUT2D eigenvalue weighted by Crippen LogP contribution is -1.91. The molecule has 0 amide bonds. The predicted molar refractivity (Wildman–Crippen MR) is 17.5 cm³/mol. The minimum Gasteiger partial charge on any atom is -0.326 e. The van der Waals surface area contributed by atoms with Gasteiger partial charge in [-0.1, -0.05) is 0 Å². The van der Waals surface area contributed by atoms with Crippen LogP contribution in [0.4, 0.5) is 0 Å². The molecule has 0 aromatic carbocycles. The number of hydrogen-bond donors (Lipinski definition) is 1. The van der Waals surface area contributed by atoms with E-state index in [9.17, 15) is 0 Å². The molecular formula is H3BN2O. The summed E-state index contributed by atoms with van der Waals surface area (Å²) in [5, 5.41) is 4.24. The molecule has 0 aliphatic carbocycles. The van der Waals surface area contributed by atoms with Gasteiger partial charge in [0.2, 0.25) is 7.98 Å². The smallest absolute Gasteiger partial charge is 0.241 e. The van der Waals surface area contributed by atoms with Crippen LogP contribution in [0.3, 0.4) is 0 Å². The Bertz CT molecular complexity index is 20.0. The lowest BCUT2D eigenvalue weighted by molar-refractivity contribution is 1.08. The molecule has 0 heterocycles. The van der Waals surface area contributed by atoms with E-state index >= 15 is 0 Å². The molecule has 0 aromatic rings. The van der Waals surface area contributed by atoms with Crippen LogP contribution in [0.5, 0.6) is 0 Å². The lowest BCUT2D eigenvalue weighted by atomic mass is 10.5. The van der Waals surface area contributed by atoms with Crippen LogP contribution in [0.2, 0.25) is 0 Å². The van der Waals surface area contributed by atoms with Crippen molar-refractivity contribution in [1.82, 2.24) is 5.34 Å². The second kappa shape index (κ2) is 2.46. The van der Waals surface area contributed by atoms with E-state index in [-0.39, 0.29) is 0 Å². The van der Waals surface area contributed by atoms with Gasteiger partial charge in [-0.3, -0.25) is 0 Å². The van der Waals surface area contributed by atoms with Crippen molar-refractivity contribution in [1.29, 1.82) is 0 Å². The Morgan fingerprint density at radius 2 is 2.25 bits per heavy atom. The number of rotatable bonds is 1. The van der Waals surface area contributed by atoms with E-state index in [0.717, 1.165) is 0 Å². The van der Waals surface area contributed by atoms with Crippen molar-refractivity contribution >= 4 is 7.98 Å². The van der Waals surface area contributed by atoms with Crippen molar-refractivity contribution in [2.75, 3.05) is 0 Å².